The number of aryl methyl sites for hydroxylation is 1. The number of pyridine rings is 2. The van der Waals surface area contributed by atoms with Crippen LogP contribution < -0.4 is 14.8 Å². The topological polar surface area (TPSA) is 69.2 Å². The van der Waals surface area contributed by atoms with Crippen LogP contribution >= 0.6 is 47.9 Å². The van der Waals surface area contributed by atoms with Gasteiger partial charge in [-0.3, -0.25) is 4.98 Å². The van der Waals surface area contributed by atoms with Gasteiger partial charge in [-0.1, -0.05) is 18.2 Å². The molecule has 0 bridgehead atoms. The van der Waals surface area contributed by atoms with Crippen LogP contribution in [-0.4, -0.2) is 22.1 Å². The van der Waals surface area contributed by atoms with Gasteiger partial charge >= 0.3 is 0 Å². The van der Waals surface area contributed by atoms with Gasteiger partial charge in [0.15, 0.2) is 16.7 Å². The molecule has 10 heteroatoms. The lowest BCUT2D eigenvalue weighted by molar-refractivity contribution is 0.305. The van der Waals surface area contributed by atoms with Crippen LogP contribution in [0.2, 0.25) is 0 Å². The van der Waals surface area contributed by atoms with Crippen molar-refractivity contribution in [3.63, 3.8) is 0 Å². The van der Waals surface area contributed by atoms with E-state index in [0.29, 0.717) is 18.2 Å². The van der Waals surface area contributed by atoms with Gasteiger partial charge in [-0.15, -0.1) is 47.9 Å². The highest BCUT2D eigenvalue weighted by Crippen LogP contribution is 2.33. The Bertz CT molecular complexity index is 1150. The van der Waals surface area contributed by atoms with Gasteiger partial charge in [0.1, 0.15) is 12.4 Å². The minimum atomic E-state index is 0. The van der Waals surface area contributed by atoms with Crippen molar-refractivity contribution >= 4 is 58.9 Å². The summed E-state index contributed by atoms with van der Waals surface area (Å²) in [5.41, 5.74) is 3.00. The lowest BCUT2D eigenvalue weighted by atomic mass is 10.2. The van der Waals surface area contributed by atoms with E-state index in [4.69, 9.17) is 9.47 Å². The molecule has 0 saturated carbocycles. The lowest BCUT2D eigenvalue weighted by Crippen LogP contribution is -2.02. The molecule has 174 valence electrons. The third kappa shape index (κ3) is 7.78. The number of hydrogen-bond donors (Lipinski definition) is 1. The van der Waals surface area contributed by atoms with Crippen LogP contribution in [0.3, 0.4) is 0 Å². The van der Waals surface area contributed by atoms with Crippen molar-refractivity contribution in [2.75, 3.05) is 12.4 Å². The summed E-state index contributed by atoms with van der Waals surface area (Å²) in [6, 6.07) is 15.8. The maximum atomic E-state index is 6.16. The number of halogens is 2. The van der Waals surface area contributed by atoms with Gasteiger partial charge < -0.3 is 14.8 Å². The van der Waals surface area contributed by atoms with Crippen molar-refractivity contribution in [3.05, 3.63) is 83.3 Å². The molecular weight excluding hydrogens is 499 g/mol. The monoisotopic (exact) mass is 522 g/mol. The summed E-state index contributed by atoms with van der Waals surface area (Å²) in [5, 5.41) is 6.06. The van der Waals surface area contributed by atoms with Crippen molar-refractivity contribution in [3.8, 4) is 11.5 Å². The zero-order valence-electron chi connectivity index (χ0n) is 18.1. The summed E-state index contributed by atoms with van der Waals surface area (Å²) in [6.07, 6.45) is 3.65. The number of anilines is 2. The van der Waals surface area contributed by atoms with Gasteiger partial charge in [-0.25, -0.2) is 9.97 Å². The molecule has 0 radical (unpaired) electrons. The number of thiazole rings is 1. The minimum absolute atomic E-state index is 0. The fourth-order valence-electron chi connectivity index (χ4n) is 2.79. The van der Waals surface area contributed by atoms with Crippen LogP contribution in [0.5, 0.6) is 11.5 Å². The van der Waals surface area contributed by atoms with E-state index in [0.717, 1.165) is 38.5 Å². The molecule has 0 saturated heterocycles. The Morgan fingerprint density at radius 3 is 2.67 bits per heavy atom. The average Bonchev–Trinajstić information content (AvgIpc) is 3.22. The SMILES string of the molecule is COc1cccc(COc2cc(SCc3ccccn3)cnc2Nc2nc(C)cs2)c1.Cl.Cl. The number of ether oxygens (including phenoxy) is 2. The molecule has 0 fully saturated rings. The third-order valence-corrected chi connectivity index (χ3v) is 6.19. The smallest absolute Gasteiger partial charge is 0.188 e. The number of rotatable bonds is 9. The first-order valence-electron chi connectivity index (χ1n) is 9.67. The molecule has 6 nitrogen and oxygen atoms in total. The molecule has 0 aliphatic heterocycles. The van der Waals surface area contributed by atoms with Gasteiger partial charge in [0.2, 0.25) is 0 Å². The number of thioether (sulfide) groups is 1. The van der Waals surface area contributed by atoms with E-state index in [-0.39, 0.29) is 24.8 Å². The zero-order valence-corrected chi connectivity index (χ0v) is 21.3. The van der Waals surface area contributed by atoms with Crippen LogP contribution in [0.25, 0.3) is 0 Å². The normalized spacial score (nSPS) is 10.0. The summed E-state index contributed by atoms with van der Waals surface area (Å²) in [6.45, 7) is 2.37. The molecule has 0 spiro atoms. The quantitative estimate of drug-likeness (QED) is 0.245. The minimum Gasteiger partial charge on any atom is -0.497 e. The van der Waals surface area contributed by atoms with Crippen LogP contribution in [0.1, 0.15) is 17.0 Å². The first-order chi connectivity index (χ1) is 15.2. The number of methoxy groups -OCH3 is 1. The first-order valence-corrected chi connectivity index (χ1v) is 11.5. The predicted octanol–water partition coefficient (Wildman–Crippen LogP) is 6.71. The van der Waals surface area contributed by atoms with E-state index in [1.165, 1.54) is 11.3 Å². The number of aromatic nitrogens is 3. The standard InChI is InChI=1S/C23H22N4O2S2.2ClH/c1-16-14-31-23(26-16)27-22-21(29-13-17-6-5-8-19(10-17)28-2)11-20(12-25-22)30-15-18-7-3-4-9-24-18;;/h3-12,14H,13,15H2,1-2H3,(H,25,26,27);2*1H. The van der Waals surface area contributed by atoms with E-state index >= 15 is 0 Å². The third-order valence-electron chi connectivity index (χ3n) is 4.31. The van der Waals surface area contributed by atoms with Crippen LogP contribution in [0.15, 0.2) is 71.2 Å². The lowest BCUT2D eigenvalue weighted by Gasteiger charge is -2.13. The second-order valence-electron chi connectivity index (χ2n) is 6.69. The van der Waals surface area contributed by atoms with Gasteiger partial charge in [0.05, 0.1) is 18.5 Å². The molecule has 33 heavy (non-hydrogen) atoms. The second-order valence-corrected chi connectivity index (χ2v) is 8.59. The van der Waals surface area contributed by atoms with Crippen LogP contribution in [0.4, 0.5) is 10.9 Å². The molecule has 3 aromatic heterocycles. The Labute approximate surface area is 214 Å². The number of benzene rings is 1. The van der Waals surface area contributed by atoms with E-state index < -0.39 is 0 Å². The summed E-state index contributed by atoms with van der Waals surface area (Å²) in [7, 11) is 1.66. The molecule has 1 aromatic carbocycles. The summed E-state index contributed by atoms with van der Waals surface area (Å²) >= 11 is 3.21. The fourth-order valence-corrected chi connectivity index (χ4v) is 4.28. The molecule has 0 unspecified atom stereocenters. The molecule has 4 rings (SSSR count). The molecule has 0 aliphatic rings. The molecule has 0 atom stereocenters. The van der Waals surface area contributed by atoms with Gasteiger partial charge in [-0.05, 0) is 42.8 Å². The van der Waals surface area contributed by atoms with E-state index in [1.807, 2.05) is 67.0 Å². The molecule has 0 aliphatic carbocycles. The maximum absolute atomic E-state index is 6.16. The summed E-state index contributed by atoms with van der Waals surface area (Å²) in [5.74, 6) is 2.87. The number of hydrogen-bond acceptors (Lipinski definition) is 8. The number of nitrogens with one attached hydrogen (secondary N) is 1. The zero-order chi connectivity index (χ0) is 21.5. The molecular formula is C23H24Cl2N4O2S2. The Balaban J connectivity index is 0.00000193. The maximum Gasteiger partial charge on any atom is 0.188 e. The van der Waals surface area contributed by atoms with Crippen molar-refractivity contribution in [1.29, 1.82) is 0 Å². The second kappa shape index (κ2) is 13.3. The highest BCUT2D eigenvalue weighted by atomic mass is 35.5. The predicted molar refractivity (Wildman–Crippen MR) is 140 cm³/mol. The summed E-state index contributed by atoms with van der Waals surface area (Å²) in [4.78, 5) is 14.5. The highest BCUT2D eigenvalue weighted by molar-refractivity contribution is 7.98. The Kier molecular flexibility index (Phi) is 10.7. The Morgan fingerprint density at radius 2 is 1.94 bits per heavy atom. The molecule has 4 aromatic rings. The molecule has 0 amide bonds. The van der Waals surface area contributed by atoms with Crippen LogP contribution in [0, 0.1) is 6.92 Å². The average molecular weight is 524 g/mol. The molecule has 1 N–H and O–H groups in total. The van der Waals surface area contributed by atoms with E-state index in [2.05, 4.69) is 20.3 Å². The first kappa shape index (κ1) is 26.7. The molecule has 3 heterocycles. The Morgan fingerprint density at radius 1 is 1.06 bits per heavy atom. The highest BCUT2D eigenvalue weighted by Gasteiger charge is 2.11. The van der Waals surface area contributed by atoms with Crippen LogP contribution in [-0.2, 0) is 12.4 Å². The van der Waals surface area contributed by atoms with Crippen molar-refractivity contribution in [2.24, 2.45) is 0 Å². The Hall–Kier alpha value is -2.52. The van der Waals surface area contributed by atoms with Crippen molar-refractivity contribution in [2.45, 2.75) is 24.2 Å². The van der Waals surface area contributed by atoms with E-state index in [9.17, 15) is 0 Å². The van der Waals surface area contributed by atoms with Gasteiger partial charge in [0.25, 0.3) is 0 Å². The van der Waals surface area contributed by atoms with Gasteiger partial charge in [0, 0.05) is 28.4 Å². The largest absolute Gasteiger partial charge is 0.497 e. The van der Waals surface area contributed by atoms with Crippen molar-refractivity contribution in [1.82, 2.24) is 15.0 Å². The van der Waals surface area contributed by atoms with Gasteiger partial charge in [-0.2, -0.15) is 0 Å². The summed E-state index contributed by atoms with van der Waals surface area (Å²) < 4.78 is 11.5. The van der Waals surface area contributed by atoms with Crippen molar-refractivity contribution < 1.29 is 9.47 Å². The van der Waals surface area contributed by atoms with E-state index in [1.54, 1.807) is 25.1 Å². The number of nitrogens with zero attached hydrogens (tertiary/aromatic N) is 3. The fraction of sp³-hybridized carbons (Fsp3) is 0.174.